The SMILES string of the molecule is CC1(C)c2ccccc2C2(c3ccccc3-c3ccc(-c4cc(-c5cccc(C#N)c5)cc(-c5ccccc5)n4)cc32)c2ccccc21. The molecule has 1 aromatic heterocycles. The molecule has 1 spiro atoms. The van der Waals surface area contributed by atoms with Gasteiger partial charge in [-0.2, -0.15) is 5.26 Å². The van der Waals surface area contributed by atoms with Gasteiger partial charge in [0.25, 0.3) is 0 Å². The number of nitriles is 1. The Morgan fingerprint density at radius 2 is 1.00 bits per heavy atom. The first-order valence-electron chi connectivity index (χ1n) is 16.5. The van der Waals surface area contributed by atoms with Crippen molar-refractivity contribution in [3.63, 3.8) is 0 Å². The van der Waals surface area contributed by atoms with Gasteiger partial charge in [-0.15, -0.1) is 0 Å². The van der Waals surface area contributed by atoms with E-state index in [0.29, 0.717) is 5.56 Å². The lowest BCUT2D eigenvalue weighted by Gasteiger charge is -2.46. The lowest BCUT2D eigenvalue weighted by molar-refractivity contribution is 0.563. The summed E-state index contributed by atoms with van der Waals surface area (Å²) in [6, 6.07) is 58.8. The molecule has 0 N–H and O–H groups in total. The largest absolute Gasteiger partial charge is 0.248 e. The number of nitrogens with zero attached hydrogens (tertiary/aromatic N) is 2. The van der Waals surface area contributed by atoms with Crippen LogP contribution in [0.5, 0.6) is 0 Å². The molecule has 0 amide bonds. The van der Waals surface area contributed by atoms with E-state index in [9.17, 15) is 5.26 Å². The van der Waals surface area contributed by atoms with Crippen LogP contribution in [0.2, 0.25) is 0 Å². The molecule has 1 heterocycles. The van der Waals surface area contributed by atoms with E-state index in [-0.39, 0.29) is 5.41 Å². The van der Waals surface area contributed by atoms with Gasteiger partial charge in [0.15, 0.2) is 0 Å². The summed E-state index contributed by atoms with van der Waals surface area (Å²) in [6.45, 7) is 4.72. The molecule has 2 aliphatic carbocycles. The van der Waals surface area contributed by atoms with Gasteiger partial charge >= 0.3 is 0 Å². The lowest BCUT2D eigenvalue weighted by Crippen LogP contribution is -2.40. The molecule has 48 heavy (non-hydrogen) atoms. The molecule has 0 saturated heterocycles. The van der Waals surface area contributed by atoms with E-state index in [1.54, 1.807) is 0 Å². The number of aromatic nitrogens is 1. The van der Waals surface area contributed by atoms with Gasteiger partial charge in [-0.25, -0.2) is 4.98 Å². The van der Waals surface area contributed by atoms with Crippen LogP contribution in [-0.4, -0.2) is 4.98 Å². The molecule has 0 radical (unpaired) electrons. The maximum atomic E-state index is 9.67. The molecule has 226 valence electrons. The van der Waals surface area contributed by atoms with Crippen molar-refractivity contribution in [2.75, 3.05) is 0 Å². The van der Waals surface area contributed by atoms with Crippen LogP contribution in [-0.2, 0) is 10.8 Å². The second-order valence-corrected chi connectivity index (χ2v) is 13.5. The van der Waals surface area contributed by atoms with Gasteiger partial charge in [0.05, 0.1) is 28.4 Å². The molecule has 6 aromatic carbocycles. The summed E-state index contributed by atoms with van der Waals surface area (Å²) in [6.07, 6.45) is 0. The second kappa shape index (κ2) is 10.5. The minimum Gasteiger partial charge on any atom is -0.248 e. The smallest absolute Gasteiger partial charge is 0.0991 e. The zero-order valence-electron chi connectivity index (χ0n) is 26.9. The van der Waals surface area contributed by atoms with Gasteiger partial charge in [-0.3, -0.25) is 0 Å². The molecule has 0 aliphatic heterocycles. The van der Waals surface area contributed by atoms with Crippen LogP contribution in [0.4, 0.5) is 0 Å². The summed E-state index contributed by atoms with van der Waals surface area (Å²) < 4.78 is 0. The summed E-state index contributed by atoms with van der Waals surface area (Å²) in [5, 5.41) is 9.67. The van der Waals surface area contributed by atoms with Crippen molar-refractivity contribution in [3.8, 4) is 50.8 Å². The van der Waals surface area contributed by atoms with E-state index in [2.05, 4.69) is 153 Å². The zero-order chi connectivity index (χ0) is 32.5. The van der Waals surface area contributed by atoms with Crippen molar-refractivity contribution in [2.24, 2.45) is 0 Å². The number of rotatable bonds is 3. The molecular weight excluding hydrogens is 581 g/mol. The highest BCUT2D eigenvalue weighted by Gasteiger charge is 2.53. The van der Waals surface area contributed by atoms with Gasteiger partial charge in [-0.1, -0.05) is 141 Å². The number of fused-ring (bicyclic) bond motifs is 9. The number of hydrogen-bond acceptors (Lipinski definition) is 2. The normalized spacial score (nSPS) is 14.4. The van der Waals surface area contributed by atoms with Crippen LogP contribution in [0.3, 0.4) is 0 Å². The van der Waals surface area contributed by atoms with Crippen LogP contribution >= 0.6 is 0 Å². The minimum absolute atomic E-state index is 0.147. The molecule has 9 rings (SSSR count). The van der Waals surface area contributed by atoms with Gasteiger partial charge < -0.3 is 0 Å². The standard InChI is InChI=1S/C46H32N2/c1-45(2)38-19-8-10-21-40(38)46(41-22-11-9-20-39(41)45)37-18-7-6-17-35(37)36-24-23-33(26-42(36)46)44-28-34(32-16-12-13-30(25-32)29-47)27-43(48-44)31-14-4-3-5-15-31/h3-28H,1-2H3. The maximum absolute atomic E-state index is 9.67. The average Bonchev–Trinajstić information content (AvgIpc) is 3.44. The van der Waals surface area contributed by atoms with Crippen LogP contribution in [0.15, 0.2) is 158 Å². The molecule has 0 atom stereocenters. The zero-order valence-corrected chi connectivity index (χ0v) is 26.9. The van der Waals surface area contributed by atoms with Crippen molar-refractivity contribution < 1.29 is 0 Å². The van der Waals surface area contributed by atoms with Crippen LogP contribution in [0, 0.1) is 11.3 Å². The Balaban J connectivity index is 1.34. The third-order valence-corrected chi connectivity index (χ3v) is 10.6. The Hall–Kier alpha value is -6.04. The Kier molecular flexibility index (Phi) is 6.16. The molecular formula is C46H32N2. The highest BCUT2D eigenvalue weighted by Crippen LogP contribution is 2.62. The minimum atomic E-state index is -0.467. The van der Waals surface area contributed by atoms with Crippen LogP contribution < -0.4 is 0 Å². The predicted molar refractivity (Wildman–Crippen MR) is 195 cm³/mol. The quantitative estimate of drug-likeness (QED) is 0.199. The van der Waals surface area contributed by atoms with E-state index in [0.717, 1.165) is 33.6 Å². The topological polar surface area (TPSA) is 36.7 Å². The van der Waals surface area contributed by atoms with E-state index < -0.39 is 5.41 Å². The third kappa shape index (κ3) is 3.95. The summed E-state index contributed by atoms with van der Waals surface area (Å²) in [5.74, 6) is 0. The highest BCUT2D eigenvalue weighted by atomic mass is 14.7. The third-order valence-electron chi connectivity index (χ3n) is 10.6. The molecule has 0 fully saturated rings. The van der Waals surface area contributed by atoms with Crippen molar-refractivity contribution in [2.45, 2.75) is 24.7 Å². The summed E-state index contributed by atoms with van der Waals surface area (Å²) in [7, 11) is 0. The number of hydrogen-bond donors (Lipinski definition) is 0. The molecule has 0 saturated carbocycles. The van der Waals surface area contributed by atoms with Gasteiger partial charge in [0.1, 0.15) is 0 Å². The van der Waals surface area contributed by atoms with E-state index in [1.807, 2.05) is 24.3 Å². The van der Waals surface area contributed by atoms with Gasteiger partial charge in [0, 0.05) is 16.5 Å². The van der Waals surface area contributed by atoms with Gasteiger partial charge in [0.2, 0.25) is 0 Å². The summed E-state index contributed by atoms with van der Waals surface area (Å²) in [4.78, 5) is 5.30. The van der Waals surface area contributed by atoms with E-state index in [1.165, 1.54) is 44.5 Å². The van der Waals surface area contributed by atoms with E-state index >= 15 is 0 Å². The Morgan fingerprint density at radius 1 is 0.438 bits per heavy atom. The van der Waals surface area contributed by atoms with Gasteiger partial charge in [-0.05, 0) is 86.0 Å². The summed E-state index contributed by atoms with van der Waals surface area (Å²) >= 11 is 0. The monoisotopic (exact) mass is 612 g/mol. The average molecular weight is 613 g/mol. The first-order chi connectivity index (χ1) is 23.5. The lowest BCUT2D eigenvalue weighted by atomic mass is 9.55. The van der Waals surface area contributed by atoms with Crippen molar-refractivity contribution in [1.29, 1.82) is 5.26 Å². The molecule has 7 aromatic rings. The maximum Gasteiger partial charge on any atom is 0.0991 e. The Morgan fingerprint density at radius 3 is 1.69 bits per heavy atom. The van der Waals surface area contributed by atoms with Crippen molar-refractivity contribution >= 4 is 0 Å². The first-order valence-corrected chi connectivity index (χ1v) is 16.5. The predicted octanol–water partition coefficient (Wildman–Crippen LogP) is 11.0. The van der Waals surface area contributed by atoms with Crippen molar-refractivity contribution in [3.05, 3.63) is 197 Å². The fraction of sp³-hybridized carbons (Fsp3) is 0.0870. The summed E-state index contributed by atoms with van der Waals surface area (Å²) in [5.41, 5.74) is 16.6. The van der Waals surface area contributed by atoms with Crippen molar-refractivity contribution in [1.82, 2.24) is 4.98 Å². The number of pyridine rings is 1. The molecule has 2 nitrogen and oxygen atoms in total. The molecule has 0 bridgehead atoms. The Labute approximate surface area is 281 Å². The van der Waals surface area contributed by atoms with Crippen LogP contribution in [0.1, 0.15) is 52.8 Å². The molecule has 2 aliphatic rings. The fourth-order valence-electron chi connectivity index (χ4n) is 8.39. The molecule has 0 unspecified atom stereocenters. The first kappa shape index (κ1) is 28.2. The second-order valence-electron chi connectivity index (χ2n) is 13.5. The van der Waals surface area contributed by atoms with E-state index in [4.69, 9.17) is 4.98 Å². The Bertz CT molecular complexity index is 2390. The highest BCUT2D eigenvalue weighted by molar-refractivity contribution is 5.90. The molecule has 2 heteroatoms. The fourth-order valence-corrected chi connectivity index (χ4v) is 8.39. The van der Waals surface area contributed by atoms with Crippen LogP contribution in [0.25, 0.3) is 44.8 Å². The number of benzene rings is 6.